The van der Waals surface area contributed by atoms with Crippen molar-refractivity contribution in [2.75, 3.05) is 5.32 Å². The molecule has 6 nitrogen and oxygen atoms in total. The molecular weight excluding hydrogens is 400 g/mol. The number of carbonyl (C=O) groups excluding carboxylic acids is 1. The molecule has 150 valence electrons. The van der Waals surface area contributed by atoms with Gasteiger partial charge in [-0.05, 0) is 37.5 Å². The van der Waals surface area contributed by atoms with Gasteiger partial charge in [0.15, 0.2) is 5.78 Å². The van der Waals surface area contributed by atoms with Crippen LogP contribution in [-0.2, 0) is 13.0 Å². The number of anilines is 2. The van der Waals surface area contributed by atoms with Crippen molar-refractivity contribution in [1.82, 2.24) is 9.97 Å². The quantitative estimate of drug-likeness (QED) is 0.570. The van der Waals surface area contributed by atoms with E-state index in [0.29, 0.717) is 40.0 Å². The van der Waals surface area contributed by atoms with Gasteiger partial charge in [-0.1, -0.05) is 29.8 Å². The number of aryl methyl sites for hydroxylation is 1. The Morgan fingerprint density at radius 2 is 2.00 bits per heavy atom. The molecule has 30 heavy (non-hydrogen) atoms. The SMILES string of the molecule is N#Cc1cc(Nc2ncc3c(n2)CCCCC3=O)cc(OCc2ccccc2Cl)c1. The fraction of sp³-hybridized carbons (Fsp3) is 0.217. The lowest BCUT2D eigenvalue weighted by molar-refractivity contribution is 0.0981. The van der Waals surface area contributed by atoms with Gasteiger partial charge in [-0.25, -0.2) is 9.97 Å². The number of benzene rings is 2. The molecule has 0 bridgehead atoms. The first kappa shape index (κ1) is 19.9. The Balaban J connectivity index is 1.55. The van der Waals surface area contributed by atoms with Gasteiger partial charge in [0.25, 0.3) is 0 Å². The number of carbonyl (C=O) groups is 1. The van der Waals surface area contributed by atoms with Crippen molar-refractivity contribution in [3.63, 3.8) is 0 Å². The van der Waals surface area contributed by atoms with Crippen molar-refractivity contribution in [3.05, 3.63) is 76.1 Å². The standard InChI is InChI=1S/C23H19ClN4O2/c24-20-6-2-1-5-16(20)14-30-18-10-15(12-25)9-17(11-18)27-23-26-13-19-21(28-23)7-3-4-8-22(19)29/h1-2,5-6,9-11,13H,3-4,7-8,14H2,(H,26,27,28). The van der Waals surface area contributed by atoms with E-state index in [9.17, 15) is 10.1 Å². The Bertz CT molecular complexity index is 1140. The highest BCUT2D eigenvalue weighted by Gasteiger charge is 2.18. The highest BCUT2D eigenvalue weighted by Crippen LogP contribution is 2.26. The normalized spacial score (nSPS) is 13.1. The number of aromatic nitrogens is 2. The molecular formula is C23H19ClN4O2. The molecule has 0 unspecified atom stereocenters. The largest absolute Gasteiger partial charge is 0.489 e. The smallest absolute Gasteiger partial charge is 0.227 e. The van der Waals surface area contributed by atoms with E-state index in [2.05, 4.69) is 21.4 Å². The van der Waals surface area contributed by atoms with Crippen LogP contribution >= 0.6 is 11.6 Å². The van der Waals surface area contributed by atoms with Crippen LogP contribution in [0, 0.1) is 11.3 Å². The van der Waals surface area contributed by atoms with E-state index < -0.39 is 0 Å². The van der Waals surface area contributed by atoms with Crippen molar-refractivity contribution in [2.24, 2.45) is 0 Å². The molecule has 0 aliphatic heterocycles. The summed E-state index contributed by atoms with van der Waals surface area (Å²) >= 11 is 6.18. The van der Waals surface area contributed by atoms with Crippen LogP contribution in [0.15, 0.2) is 48.7 Å². The number of halogens is 1. The second-order valence-electron chi connectivity index (χ2n) is 7.05. The van der Waals surface area contributed by atoms with Crippen LogP contribution in [0.2, 0.25) is 5.02 Å². The summed E-state index contributed by atoms with van der Waals surface area (Å²) in [5.74, 6) is 1.01. The summed E-state index contributed by atoms with van der Waals surface area (Å²) in [5, 5.41) is 13.1. The third kappa shape index (κ3) is 4.58. The first-order chi connectivity index (χ1) is 14.6. The molecule has 1 aliphatic rings. The molecule has 0 saturated heterocycles. The zero-order chi connectivity index (χ0) is 20.9. The lowest BCUT2D eigenvalue weighted by atomic mass is 10.1. The van der Waals surface area contributed by atoms with E-state index in [-0.39, 0.29) is 12.4 Å². The predicted molar refractivity (Wildman–Crippen MR) is 114 cm³/mol. The van der Waals surface area contributed by atoms with E-state index >= 15 is 0 Å². The fourth-order valence-corrected chi connectivity index (χ4v) is 3.53. The zero-order valence-corrected chi connectivity index (χ0v) is 16.9. The summed E-state index contributed by atoms with van der Waals surface area (Å²) in [7, 11) is 0. The van der Waals surface area contributed by atoms with Gasteiger partial charge in [-0.15, -0.1) is 0 Å². The number of nitriles is 1. The number of nitrogens with one attached hydrogen (secondary N) is 1. The molecule has 4 rings (SSSR count). The average Bonchev–Trinajstić information content (AvgIpc) is 2.94. The van der Waals surface area contributed by atoms with Gasteiger partial charge in [0.2, 0.25) is 5.95 Å². The second kappa shape index (κ2) is 8.93. The first-order valence-electron chi connectivity index (χ1n) is 9.70. The third-order valence-electron chi connectivity index (χ3n) is 4.88. The van der Waals surface area contributed by atoms with Crippen LogP contribution in [0.1, 0.15) is 46.4 Å². The molecule has 1 aromatic heterocycles. The highest BCUT2D eigenvalue weighted by atomic mass is 35.5. The maximum atomic E-state index is 12.2. The minimum absolute atomic E-state index is 0.0933. The van der Waals surface area contributed by atoms with E-state index in [0.717, 1.165) is 30.5 Å². The molecule has 0 saturated carbocycles. The van der Waals surface area contributed by atoms with Gasteiger partial charge in [0.05, 0.1) is 22.9 Å². The summed E-state index contributed by atoms with van der Waals surface area (Å²) < 4.78 is 5.85. The lowest BCUT2D eigenvalue weighted by Crippen LogP contribution is -2.07. The Morgan fingerprint density at radius 1 is 1.17 bits per heavy atom. The van der Waals surface area contributed by atoms with E-state index in [4.69, 9.17) is 16.3 Å². The third-order valence-corrected chi connectivity index (χ3v) is 5.25. The second-order valence-corrected chi connectivity index (χ2v) is 7.45. The molecule has 0 fully saturated rings. The van der Waals surface area contributed by atoms with Gasteiger partial charge in [0.1, 0.15) is 12.4 Å². The minimum Gasteiger partial charge on any atom is -0.489 e. The molecule has 0 radical (unpaired) electrons. The van der Waals surface area contributed by atoms with Crippen LogP contribution < -0.4 is 10.1 Å². The number of fused-ring (bicyclic) bond motifs is 1. The number of rotatable bonds is 5. The number of ether oxygens (including phenoxy) is 1. The number of ketones is 1. The van der Waals surface area contributed by atoms with Crippen molar-refractivity contribution in [1.29, 1.82) is 5.26 Å². The molecule has 0 amide bonds. The van der Waals surface area contributed by atoms with E-state index in [1.165, 1.54) is 0 Å². The summed E-state index contributed by atoms with van der Waals surface area (Å²) in [4.78, 5) is 21.0. The number of hydrogen-bond acceptors (Lipinski definition) is 6. The molecule has 0 atom stereocenters. The van der Waals surface area contributed by atoms with Crippen molar-refractivity contribution < 1.29 is 9.53 Å². The van der Waals surface area contributed by atoms with Crippen LogP contribution in [-0.4, -0.2) is 15.8 Å². The van der Waals surface area contributed by atoms with Gasteiger partial charge in [-0.2, -0.15) is 5.26 Å². The molecule has 7 heteroatoms. The van der Waals surface area contributed by atoms with Crippen LogP contribution in [0.25, 0.3) is 0 Å². The summed E-state index contributed by atoms with van der Waals surface area (Å²) in [6, 6.07) is 14.7. The van der Waals surface area contributed by atoms with E-state index in [1.54, 1.807) is 30.5 Å². The van der Waals surface area contributed by atoms with Crippen molar-refractivity contribution in [3.8, 4) is 11.8 Å². The molecule has 0 spiro atoms. The van der Waals surface area contributed by atoms with Crippen LogP contribution in [0.4, 0.5) is 11.6 Å². The molecule has 3 aromatic rings. The molecule has 1 N–H and O–H groups in total. The summed E-state index contributed by atoms with van der Waals surface area (Å²) in [6.07, 6.45) is 4.68. The van der Waals surface area contributed by atoms with Crippen LogP contribution in [0.3, 0.4) is 0 Å². The molecule has 1 aliphatic carbocycles. The van der Waals surface area contributed by atoms with Gasteiger partial charge in [-0.3, -0.25) is 4.79 Å². The van der Waals surface area contributed by atoms with Crippen LogP contribution in [0.5, 0.6) is 5.75 Å². The number of Topliss-reactive ketones (excluding diaryl/α,β-unsaturated/α-hetero) is 1. The Labute approximate surface area is 179 Å². The Morgan fingerprint density at radius 3 is 2.83 bits per heavy atom. The number of nitrogens with zero attached hydrogens (tertiary/aromatic N) is 3. The van der Waals surface area contributed by atoms with Gasteiger partial charge >= 0.3 is 0 Å². The monoisotopic (exact) mass is 418 g/mol. The molecule has 2 aromatic carbocycles. The lowest BCUT2D eigenvalue weighted by Gasteiger charge is -2.12. The van der Waals surface area contributed by atoms with Crippen molar-refractivity contribution >= 4 is 29.0 Å². The van der Waals surface area contributed by atoms with Crippen molar-refractivity contribution in [2.45, 2.75) is 32.3 Å². The average molecular weight is 419 g/mol. The summed E-state index contributed by atoms with van der Waals surface area (Å²) in [6.45, 7) is 0.283. The van der Waals surface area contributed by atoms with E-state index in [1.807, 2.05) is 18.2 Å². The topological polar surface area (TPSA) is 87.9 Å². The zero-order valence-electron chi connectivity index (χ0n) is 16.2. The van der Waals surface area contributed by atoms with Gasteiger partial charge < -0.3 is 10.1 Å². The highest BCUT2D eigenvalue weighted by molar-refractivity contribution is 6.31. The number of hydrogen-bond donors (Lipinski definition) is 1. The Kier molecular flexibility index (Phi) is 5.92. The first-order valence-corrected chi connectivity index (χ1v) is 10.1. The minimum atomic E-state index is 0.0933. The maximum absolute atomic E-state index is 12.2. The van der Waals surface area contributed by atoms with Gasteiger partial charge in [0, 0.05) is 35.0 Å². The summed E-state index contributed by atoms with van der Waals surface area (Å²) in [5.41, 5.74) is 3.30. The Hall–Kier alpha value is -3.43. The molecule has 1 heterocycles. The predicted octanol–water partition coefficient (Wildman–Crippen LogP) is 5.23. The fourth-order valence-electron chi connectivity index (χ4n) is 3.34. The maximum Gasteiger partial charge on any atom is 0.227 e.